The molecular weight excluding hydrogens is 684 g/mol. The van der Waals surface area contributed by atoms with E-state index < -0.39 is 76.4 Å². The summed E-state index contributed by atoms with van der Waals surface area (Å²) in [4.78, 5) is 91.3. The molecule has 1 aromatic carbocycles. The topological polar surface area (TPSA) is 215 Å². The van der Waals surface area contributed by atoms with Crippen LogP contribution in [0, 0.1) is 11.3 Å². The van der Waals surface area contributed by atoms with Crippen molar-refractivity contribution in [1.29, 1.82) is 0 Å². The molecule has 15 heteroatoms. The first-order chi connectivity index (χ1) is 24.5. The Balaban J connectivity index is 2.15. The van der Waals surface area contributed by atoms with Crippen molar-refractivity contribution < 1.29 is 43.8 Å². The largest absolute Gasteiger partial charge is 0.508 e. The number of hydrogen-bond donors (Lipinski definition) is 6. The summed E-state index contributed by atoms with van der Waals surface area (Å²) in [5.41, 5.74) is -0.504. The zero-order valence-electron chi connectivity index (χ0n) is 32.4. The molecule has 1 aliphatic heterocycles. The van der Waals surface area contributed by atoms with Crippen LogP contribution in [0.15, 0.2) is 48.1 Å². The van der Waals surface area contributed by atoms with E-state index in [9.17, 15) is 43.8 Å². The average Bonchev–Trinajstić information content (AvgIpc) is 3.39. The maximum atomic E-state index is 14.2. The van der Waals surface area contributed by atoms with E-state index >= 15 is 0 Å². The summed E-state index contributed by atoms with van der Waals surface area (Å²) in [6.07, 6.45) is 3.37. The third kappa shape index (κ3) is 12.0. The van der Waals surface area contributed by atoms with Crippen LogP contribution in [0.4, 0.5) is 0 Å². The van der Waals surface area contributed by atoms with E-state index in [1.165, 1.54) is 11.8 Å². The van der Waals surface area contributed by atoms with Gasteiger partial charge in [-0.25, -0.2) is 4.79 Å². The van der Waals surface area contributed by atoms with E-state index in [0.717, 1.165) is 22.6 Å². The number of carbonyl (C=O) groups is 7. The Morgan fingerprint density at radius 1 is 0.925 bits per heavy atom. The standard InChI is InChI=1S/C38H56N6O9/c1-22(2)27(21-23(3)33(49)41-26(36(52)53)15-16-28(46)40-19-20-44-29(47)17-18-30(44)48)43(10)35(51)32(37(4,5)6)42-34(50)31(39-9)38(7,8)24-11-13-25(45)14-12-24/h11-14,17-18,21-22,26-27,31-32,39,45H,15-16,19-20H2,1-10H3,(H,40,46)(H,41,49)(H,42,50)(H,52,53)/b23-21+/t26-,27-,31?,32?/m1/s1. The number of carboxylic acid groups (broad SMARTS) is 1. The SMILES string of the molecule is CNC(C(=O)NC(C(=O)N(C)[C@H](/C=C(\C)C(=O)N[C@H](CCC(=O)NCCN1C(=O)C=CC1=O)C(=O)O)C(C)C)C(C)(C)C)C(C)(C)c1ccc(O)cc1. The molecule has 0 aromatic heterocycles. The van der Waals surface area contributed by atoms with Crippen LogP contribution in [0.2, 0.25) is 0 Å². The summed E-state index contributed by atoms with van der Waals surface area (Å²) >= 11 is 0. The van der Waals surface area contributed by atoms with Gasteiger partial charge in [0.25, 0.3) is 11.8 Å². The molecule has 15 nitrogen and oxygen atoms in total. The van der Waals surface area contributed by atoms with Gasteiger partial charge in [0, 0.05) is 49.7 Å². The lowest BCUT2D eigenvalue weighted by atomic mass is 9.76. The molecule has 292 valence electrons. The van der Waals surface area contributed by atoms with Crippen LogP contribution in [0.5, 0.6) is 5.75 Å². The van der Waals surface area contributed by atoms with Crippen LogP contribution in [0.3, 0.4) is 0 Å². The number of imide groups is 1. The minimum absolute atomic E-state index is 0.0135. The molecule has 2 rings (SSSR count). The molecule has 4 atom stereocenters. The molecule has 0 radical (unpaired) electrons. The summed E-state index contributed by atoms with van der Waals surface area (Å²) in [5, 5.41) is 30.5. The molecule has 1 aromatic rings. The number of likely N-dealkylation sites (N-methyl/N-ethyl adjacent to an activating group) is 2. The molecule has 0 spiro atoms. The van der Waals surface area contributed by atoms with Gasteiger partial charge in [-0.2, -0.15) is 0 Å². The van der Waals surface area contributed by atoms with Crippen molar-refractivity contribution in [1.82, 2.24) is 31.1 Å². The van der Waals surface area contributed by atoms with E-state index in [-0.39, 0.29) is 43.2 Å². The minimum atomic E-state index is -1.40. The van der Waals surface area contributed by atoms with Gasteiger partial charge >= 0.3 is 5.97 Å². The Bertz CT molecular complexity index is 1580. The number of nitrogens with one attached hydrogen (secondary N) is 4. The molecular formula is C38H56N6O9. The molecule has 1 aliphatic rings. The number of benzene rings is 1. The predicted molar refractivity (Wildman–Crippen MR) is 198 cm³/mol. The monoisotopic (exact) mass is 740 g/mol. The zero-order chi connectivity index (χ0) is 40.4. The number of phenols is 1. The smallest absolute Gasteiger partial charge is 0.326 e. The Morgan fingerprint density at radius 3 is 1.98 bits per heavy atom. The first-order valence-electron chi connectivity index (χ1n) is 17.6. The van der Waals surface area contributed by atoms with E-state index in [4.69, 9.17) is 0 Å². The zero-order valence-corrected chi connectivity index (χ0v) is 32.4. The van der Waals surface area contributed by atoms with Gasteiger partial charge in [-0.15, -0.1) is 0 Å². The summed E-state index contributed by atoms with van der Waals surface area (Å²) < 4.78 is 0. The highest BCUT2D eigenvalue weighted by Crippen LogP contribution is 2.30. The molecule has 0 bridgehead atoms. The molecule has 0 saturated carbocycles. The number of nitrogens with zero attached hydrogens (tertiary/aromatic N) is 2. The van der Waals surface area contributed by atoms with E-state index in [0.29, 0.717) is 0 Å². The Morgan fingerprint density at radius 2 is 1.49 bits per heavy atom. The number of carboxylic acids is 1. The highest BCUT2D eigenvalue weighted by atomic mass is 16.4. The second-order valence-corrected chi connectivity index (χ2v) is 15.2. The summed E-state index contributed by atoms with van der Waals surface area (Å²) in [6, 6.07) is 2.84. The van der Waals surface area contributed by atoms with Crippen molar-refractivity contribution in [2.75, 3.05) is 27.2 Å². The van der Waals surface area contributed by atoms with Crippen molar-refractivity contribution in [2.45, 2.75) is 97.8 Å². The van der Waals surface area contributed by atoms with Gasteiger partial charge in [0.2, 0.25) is 23.6 Å². The number of rotatable bonds is 18. The normalized spacial score (nSPS) is 15.8. The van der Waals surface area contributed by atoms with Crippen LogP contribution >= 0.6 is 0 Å². The van der Waals surface area contributed by atoms with E-state index in [1.54, 1.807) is 44.4 Å². The molecule has 6 amide bonds. The van der Waals surface area contributed by atoms with Gasteiger partial charge in [0.15, 0.2) is 0 Å². The van der Waals surface area contributed by atoms with Crippen LogP contribution in [0.25, 0.3) is 0 Å². The second kappa shape index (κ2) is 18.6. The van der Waals surface area contributed by atoms with Crippen molar-refractivity contribution in [3.05, 3.63) is 53.6 Å². The maximum absolute atomic E-state index is 14.2. The quantitative estimate of drug-likeness (QED) is 0.0945. The average molecular weight is 741 g/mol. The van der Waals surface area contributed by atoms with Crippen LogP contribution in [-0.4, -0.2) is 113 Å². The number of carbonyl (C=O) groups excluding carboxylic acids is 6. The third-order valence-electron chi connectivity index (χ3n) is 9.36. The highest BCUT2D eigenvalue weighted by molar-refractivity contribution is 6.12. The molecule has 2 unspecified atom stereocenters. The maximum Gasteiger partial charge on any atom is 0.326 e. The van der Waals surface area contributed by atoms with Gasteiger partial charge < -0.3 is 36.4 Å². The number of phenolic OH excluding ortho intramolecular Hbond substituents is 1. The molecule has 1 heterocycles. The van der Waals surface area contributed by atoms with Crippen LogP contribution in [0.1, 0.15) is 73.8 Å². The van der Waals surface area contributed by atoms with E-state index in [1.807, 2.05) is 48.5 Å². The van der Waals surface area contributed by atoms with Gasteiger partial charge in [-0.3, -0.25) is 33.7 Å². The molecule has 0 saturated heterocycles. The van der Waals surface area contributed by atoms with Crippen molar-refractivity contribution in [3.8, 4) is 5.75 Å². The van der Waals surface area contributed by atoms with Crippen molar-refractivity contribution in [3.63, 3.8) is 0 Å². The van der Waals surface area contributed by atoms with Gasteiger partial charge in [-0.1, -0.05) is 66.7 Å². The summed E-state index contributed by atoms with van der Waals surface area (Å²) in [7, 11) is 3.24. The molecule has 0 aliphatic carbocycles. The lowest BCUT2D eigenvalue weighted by Crippen LogP contribution is -2.61. The number of amides is 6. The lowest BCUT2D eigenvalue weighted by Gasteiger charge is -2.40. The van der Waals surface area contributed by atoms with Crippen LogP contribution in [-0.2, 0) is 39.0 Å². The van der Waals surface area contributed by atoms with Crippen molar-refractivity contribution >= 4 is 41.4 Å². The van der Waals surface area contributed by atoms with Crippen molar-refractivity contribution in [2.24, 2.45) is 11.3 Å². The number of aromatic hydroxyl groups is 1. The Kier molecular flexibility index (Phi) is 15.5. The predicted octanol–water partition coefficient (Wildman–Crippen LogP) is 1.61. The molecule has 53 heavy (non-hydrogen) atoms. The Labute approximate surface area is 311 Å². The lowest BCUT2D eigenvalue weighted by molar-refractivity contribution is -0.142. The first-order valence-corrected chi connectivity index (χ1v) is 17.6. The van der Waals surface area contributed by atoms with Gasteiger partial charge in [0.05, 0.1) is 12.1 Å². The number of aliphatic carboxylic acids is 1. The van der Waals surface area contributed by atoms with Gasteiger partial charge in [0.1, 0.15) is 17.8 Å². The number of hydrogen-bond acceptors (Lipinski definition) is 9. The fraction of sp³-hybridized carbons (Fsp3) is 0.553. The molecule has 0 fully saturated rings. The first kappa shape index (κ1) is 44.1. The fourth-order valence-electron chi connectivity index (χ4n) is 6.04. The molecule has 6 N–H and O–H groups in total. The minimum Gasteiger partial charge on any atom is -0.508 e. The van der Waals surface area contributed by atoms with Gasteiger partial charge in [-0.05, 0) is 49.4 Å². The third-order valence-corrected chi connectivity index (χ3v) is 9.36. The highest BCUT2D eigenvalue weighted by Gasteiger charge is 2.41. The second-order valence-electron chi connectivity index (χ2n) is 15.2. The Hall–Kier alpha value is -5.05. The van der Waals surface area contributed by atoms with Crippen LogP contribution < -0.4 is 21.3 Å². The summed E-state index contributed by atoms with van der Waals surface area (Å²) in [5.74, 6) is -4.41. The summed E-state index contributed by atoms with van der Waals surface area (Å²) in [6.45, 7) is 14.5. The van der Waals surface area contributed by atoms with E-state index in [2.05, 4.69) is 21.3 Å². The fourth-order valence-corrected chi connectivity index (χ4v) is 6.04.